The van der Waals surface area contributed by atoms with Crippen molar-refractivity contribution in [1.82, 2.24) is 10.2 Å². The molecule has 24 heavy (non-hydrogen) atoms. The van der Waals surface area contributed by atoms with E-state index in [1.807, 2.05) is 11.8 Å². The van der Waals surface area contributed by atoms with Crippen molar-refractivity contribution in [3.05, 3.63) is 0 Å². The number of hydrogen-bond donors (Lipinski definition) is 2. The van der Waals surface area contributed by atoms with Gasteiger partial charge >= 0.3 is 0 Å². The molecule has 1 saturated heterocycles. The Morgan fingerprint density at radius 2 is 1.75 bits per heavy atom. The molecule has 1 heterocycles. The number of rotatable bonds is 3. The van der Waals surface area contributed by atoms with Gasteiger partial charge in [0, 0.05) is 24.5 Å². The third-order valence-electron chi connectivity index (χ3n) is 6.60. The fourth-order valence-corrected chi connectivity index (χ4v) is 5.07. The van der Waals surface area contributed by atoms with Crippen molar-refractivity contribution in [3.63, 3.8) is 0 Å². The number of amides is 2. The fraction of sp³-hybridized carbons (Fsp3) is 0.895. The van der Waals surface area contributed by atoms with Crippen molar-refractivity contribution in [3.8, 4) is 0 Å². The number of carbonyl (C=O) groups is 2. The smallest absolute Gasteiger partial charge is 0.245 e. The molecule has 3 fully saturated rings. The molecule has 3 rings (SSSR count). The monoisotopic (exact) mass is 335 g/mol. The minimum absolute atomic E-state index is 0.0362. The zero-order valence-electron chi connectivity index (χ0n) is 15.2. The Morgan fingerprint density at radius 3 is 2.38 bits per heavy atom. The van der Waals surface area contributed by atoms with Crippen molar-refractivity contribution < 1.29 is 9.59 Å². The van der Waals surface area contributed by atoms with E-state index in [1.54, 1.807) is 0 Å². The molecule has 3 aliphatic rings. The Morgan fingerprint density at radius 1 is 1.08 bits per heavy atom. The minimum Gasteiger partial charge on any atom is -0.344 e. The van der Waals surface area contributed by atoms with E-state index >= 15 is 0 Å². The normalized spacial score (nSPS) is 37.6. The van der Waals surface area contributed by atoms with Crippen LogP contribution >= 0.6 is 0 Å². The number of fused-ring (bicyclic) bond motifs is 2. The van der Waals surface area contributed by atoms with E-state index in [9.17, 15) is 9.59 Å². The Balaban J connectivity index is 1.55. The van der Waals surface area contributed by atoms with Gasteiger partial charge in [0.05, 0.1) is 0 Å². The summed E-state index contributed by atoms with van der Waals surface area (Å²) in [7, 11) is 0. The van der Waals surface area contributed by atoms with Gasteiger partial charge in [-0.1, -0.05) is 6.42 Å². The van der Waals surface area contributed by atoms with Crippen molar-refractivity contribution in [2.24, 2.45) is 23.5 Å². The summed E-state index contributed by atoms with van der Waals surface area (Å²) < 4.78 is 0. The topological polar surface area (TPSA) is 75.4 Å². The molecule has 136 valence electrons. The van der Waals surface area contributed by atoms with Gasteiger partial charge in [-0.15, -0.1) is 0 Å². The Kier molecular flexibility index (Phi) is 5.48. The van der Waals surface area contributed by atoms with Gasteiger partial charge in [-0.3, -0.25) is 9.59 Å². The number of nitrogens with one attached hydrogen (secondary N) is 1. The molecule has 0 spiro atoms. The lowest BCUT2D eigenvalue weighted by molar-refractivity contribution is -0.140. The fourth-order valence-electron chi connectivity index (χ4n) is 5.07. The highest BCUT2D eigenvalue weighted by Crippen LogP contribution is 2.41. The van der Waals surface area contributed by atoms with Crippen LogP contribution in [0.1, 0.15) is 65.2 Å². The van der Waals surface area contributed by atoms with Crippen molar-refractivity contribution in [1.29, 1.82) is 0 Å². The number of piperidine rings is 1. The van der Waals surface area contributed by atoms with Gasteiger partial charge in [0.15, 0.2) is 0 Å². The van der Waals surface area contributed by atoms with E-state index in [2.05, 4.69) is 12.2 Å². The summed E-state index contributed by atoms with van der Waals surface area (Å²) in [4.78, 5) is 27.3. The molecule has 4 atom stereocenters. The van der Waals surface area contributed by atoms with Crippen LogP contribution in [-0.4, -0.2) is 41.4 Å². The first-order valence-corrected chi connectivity index (χ1v) is 9.83. The first kappa shape index (κ1) is 17.7. The molecule has 0 radical (unpaired) electrons. The zero-order chi connectivity index (χ0) is 17.3. The maximum absolute atomic E-state index is 12.7. The zero-order valence-corrected chi connectivity index (χ0v) is 15.2. The van der Waals surface area contributed by atoms with E-state index in [0.29, 0.717) is 11.8 Å². The summed E-state index contributed by atoms with van der Waals surface area (Å²) in [6, 6.07) is 0.141. The molecule has 2 saturated carbocycles. The van der Waals surface area contributed by atoms with Crippen LogP contribution in [0.15, 0.2) is 0 Å². The predicted octanol–water partition coefficient (Wildman–Crippen LogP) is 2.05. The highest BCUT2D eigenvalue weighted by Gasteiger charge is 2.41. The number of nitrogens with zero attached hydrogens (tertiary/aromatic N) is 1. The molecular formula is C19H33N3O2. The van der Waals surface area contributed by atoms with Crippen molar-refractivity contribution >= 4 is 11.8 Å². The van der Waals surface area contributed by atoms with E-state index in [4.69, 9.17) is 5.73 Å². The van der Waals surface area contributed by atoms with Crippen LogP contribution in [0.4, 0.5) is 0 Å². The number of carbonyl (C=O) groups excluding carboxylic acids is 2. The summed E-state index contributed by atoms with van der Waals surface area (Å²) in [5.41, 5.74) is 6.32. The van der Waals surface area contributed by atoms with Crippen LogP contribution in [0.2, 0.25) is 0 Å². The molecule has 4 unspecified atom stereocenters. The highest BCUT2D eigenvalue weighted by molar-refractivity contribution is 5.88. The lowest BCUT2D eigenvalue weighted by atomic mass is 9.65. The predicted molar refractivity (Wildman–Crippen MR) is 94.2 cm³/mol. The summed E-state index contributed by atoms with van der Waals surface area (Å²) in [6.07, 6.45) is 8.67. The van der Waals surface area contributed by atoms with Crippen LogP contribution in [-0.2, 0) is 9.59 Å². The second kappa shape index (κ2) is 7.42. The van der Waals surface area contributed by atoms with E-state index in [-0.39, 0.29) is 29.8 Å². The summed E-state index contributed by atoms with van der Waals surface area (Å²) >= 11 is 0. The second-order valence-corrected chi connectivity index (χ2v) is 8.30. The Labute approximate surface area is 145 Å². The Hall–Kier alpha value is -1.10. The van der Waals surface area contributed by atoms with Crippen molar-refractivity contribution in [2.45, 2.75) is 83.3 Å². The minimum atomic E-state index is -0.423. The average Bonchev–Trinajstić information content (AvgIpc) is 2.54. The third-order valence-corrected chi connectivity index (χ3v) is 6.60. The molecule has 0 aromatic carbocycles. The van der Waals surface area contributed by atoms with E-state index in [0.717, 1.165) is 45.1 Å². The van der Waals surface area contributed by atoms with Gasteiger partial charge in [-0.2, -0.15) is 0 Å². The second-order valence-electron chi connectivity index (χ2n) is 8.30. The molecule has 5 nitrogen and oxygen atoms in total. The van der Waals surface area contributed by atoms with Gasteiger partial charge < -0.3 is 16.0 Å². The quantitative estimate of drug-likeness (QED) is 0.829. The molecule has 0 aromatic heterocycles. The molecule has 2 aliphatic carbocycles. The van der Waals surface area contributed by atoms with Crippen LogP contribution < -0.4 is 11.1 Å². The first-order chi connectivity index (χ1) is 11.5. The number of nitrogens with two attached hydrogens (primary N) is 1. The standard InChI is InChI=1S/C19H33N3O2/c1-12-6-3-4-9-22(12)19(24)13(2)21-18(23)16-10-14-7-5-8-15(11-16)17(14)20/h12-17H,3-11,20H2,1-2H3,(H,21,23). The Bertz CT molecular complexity index is 467. The number of likely N-dealkylation sites (tertiary alicyclic amines) is 1. The van der Waals surface area contributed by atoms with E-state index in [1.165, 1.54) is 12.8 Å². The van der Waals surface area contributed by atoms with Crippen LogP contribution in [0.5, 0.6) is 0 Å². The van der Waals surface area contributed by atoms with Crippen molar-refractivity contribution in [2.75, 3.05) is 6.54 Å². The average molecular weight is 335 g/mol. The SMILES string of the molecule is CC(NC(=O)C1CC2CCCC(C1)C2N)C(=O)N1CCCCC1C. The maximum Gasteiger partial charge on any atom is 0.245 e. The molecule has 3 N–H and O–H groups in total. The summed E-state index contributed by atoms with van der Waals surface area (Å²) in [5.74, 6) is 1.14. The largest absolute Gasteiger partial charge is 0.344 e. The summed E-state index contributed by atoms with van der Waals surface area (Å²) in [5, 5.41) is 3.00. The number of hydrogen-bond acceptors (Lipinski definition) is 3. The molecule has 2 amide bonds. The van der Waals surface area contributed by atoms with Crippen LogP contribution in [0.25, 0.3) is 0 Å². The third kappa shape index (κ3) is 3.61. The lowest BCUT2D eigenvalue weighted by Crippen LogP contribution is -2.54. The van der Waals surface area contributed by atoms with E-state index < -0.39 is 6.04 Å². The van der Waals surface area contributed by atoms with Gasteiger partial charge in [-0.05, 0) is 70.6 Å². The van der Waals surface area contributed by atoms with Gasteiger partial charge in [-0.25, -0.2) is 0 Å². The lowest BCUT2D eigenvalue weighted by Gasteiger charge is -2.43. The van der Waals surface area contributed by atoms with Crippen LogP contribution in [0.3, 0.4) is 0 Å². The summed E-state index contributed by atoms with van der Waals surface area (Å²) in [6.45, 7) is 4.76. The molecule has 5 heteroatoms. The van der Waals surface area contributed by atoms with Gasteiger partial charge in [0.2, 0.25) is 11.8 Å². The van der Waals surface area contributed by atoms with Gasteiger partial charge in [0.25, 0.3) is 0 Å². The van der Waals surface area contributed by atoms with Crippen LogP contribution in [0, 0.1) is 17.8 Å². The highest BCUT2D eigenvalue weighted by atomic mass is 16.2. The first-order valence-electron chi connectivity index (χ1n) is 9.83. The maximum atomic E-state index is 12.7. The molecule has 2 bridgehead atoms. The van der Waals surface area contributed by atoms with Gasteiger partial charge in [0.1, 0.15) is 6.04 Å². The molecule has 1 aliphatic heterocycles. The molecular weight excluding hydrogens is 302 g/mol. The molecule has 0 aromatic rings.